The van der Waals surface area contributed by atoms with E-state index in [0.29, 0.717) is 36.6 Å². The summed E-state index contributed by atoms with van der Waals surface area (Å²) in [5.74, 6) is -0.176. The van der Waals surface area contributed by atoms with Crippen LogP contribution in [0, 0.1) is 5.92 Å². The molecule has 2 atom stereocenters. The molecule has 1 saturated heterocycles. The van der Waals surface area contributed by atoms with Gasteiger partial charge in [-0.3, -0.25) is 9.69 Å². The minimum absolute atomic E-state index is 0.148. The highest BCUT2D eigenvalue weighted by atomic mass is 16.5. The molecule has 0 aromatic heterocycles. The van der Waals surface area contributed by atoms with Crippen molar-refractivity contribution in [2.45, 2.75) is 32.2 Å². The molecule has 1 aliphatic rings. The number of carbonyl (C=O) groups is 1. The van der Waals surface area contributed by atoms with Crippen LogP contribution in [0.1, 0.15) is 34.3 Å². The quantitative estimate of drug-likeness (QED) is 0.319. The first kappa shape index (κ1) is 22.7. The lowest BCUT2D eigenvalue weighted by atomic mass is 9.89. The summed E-state index contributed by atoms with van der Waals surface area (Å²) < 4.78 is 5.83. The normalized spacial score (nSPS) is 20.3. The number of hydrogen-bond acceptors (Lipinski definition) is 6. The fraction of sp³-hybridized carbons (Fsp3) is 0.259. The SMILES string of the molecule is NC1C(C(=O)c2ccc(OCc3ccccc3)cc2)C(=NO)CCCN1Cc1ccccc1. The highest BCUT2D eigenvalue weighted by molar-refractivity contribution is 6.13. The maximum atomic E-state index is 13.5. The second-order valence-corrected chi connectivity index (χ2v) is 8.28. The summed E-state index contributed by atoms with van der Waals surface area (Å²) in [5, 5.41) is 13.1. The van der Waals surface area contributed by atoms with Gasteiger partial charge in [-0.25, -0.2) is 0 Å². The molecule has 33 heavy (non-hydrogen) atoms. The summed E-state index contributed by atoms with van der Waals surface area (Å²) in [6.45, 7) is 1.82. The standard InChI is InChI=1S/C27H29N3O3/c28-27-25(24(29-32)12-7-17-30(27)18-20-8-3-1-4-9-20)26(31)22-13-15-23(16-14-22)33-19-21-10-5-2-6-11-21/h1-6,8-11,13-16,25,27,32H,7,12,17-19,28H2. The number of rotatable bonds is 7. The van der Waals surface area contributed by atoms with Crippen molar-refractivity contribution < 1.29 is 14.7 Å². The molecule has 3 aromatic carbocycles. The van der Waals surface area contributed by atoms with Crippen LogP contribution in [0.2, 0.25) is 0 Å². The minimum atomic E-state index is -0.711. The van der Waals surface area contributed by atoms with Crippen LogP contribution < -0.4 is 10.5 Å². The molecule has 0 amide bonds. The Balaban J connectivity index is 1.49. The van der Waals surface area contributed by atoms with Gasteiger partial charge in [-0.1, -0.05) is 65.8 Å². The van der Waals surface area contributed by atoms with E-state index in [-0.39, 0.29) is 5.78 Å². The largest absolute Gasteiger partial charge is 0.489 e. The number of likely N-dealkylation sites (tertiary alicyclic amines) is 1. The van der Waals surface area contributed by atoms with Crippen LogP contribution in [0.5, 0.6) is 5.75 Å². The van der Waals surface area contributed by atoms with Crippen LogP contribution in [0.15, 0.2) is 90.1 Å². The van der Waals surface area contributed by atoms with Crippen molar-refractivity contribution in [3.05, 3.63) is 102 Å². The molecule has 1 fully saturated rings. The van der Waals surface area contributed by atoms with Crippen LogP contribution in [0.25, 0.3) is 0 Å². The number of nitrogens with two attached hydrogens (primary N) is 1. The van der Waals surface area contributed by atoms with Crippen molar-refractivity contribution in [1.29, 1.82) is 0 Å². The Hall–Kier alpha value is -3.48. The molecular weight excluding hydrogens is 414 g/mol. The lowest BCUT2D eigenvalue weighted by molar-refractivity contribution is 0.0858. The van der Waals surface area contributed by atoms with Gasteiger partial charge in [0.1, 0.15) is 12.4 Å². The molecule has 0 aliphatic carbocycles. The van der Waals surface area contributed by atoms with Gasteiger partial charge in [0.2, 0.25) is 0 Å². The molecule has 3 N–H and O–H groups in total. The van der Waals surface area contributed by atoms with E-state index < -0.39 is 12.1 Å². The molecule has 0 bridgehead atoms. The second-order valence-electron chi connectivity index (χ2n) is 8.28. The highest BCUT2D eigenvalue weighted by Gasteiger charge is 2.37. The van der Waals surface area contributed by atoms with Gasteiger partial charge in [0.15, 0.2) is 5.78 Å². The Morgan fingerprint density at radius 2 is 1.61 bits per heavy atom. The van der Waals surface area contributed by atoms with Gasteiger partial charge in [0, 0.05) is 18.7 Å². The lowest BCUT2D eigenvalue weighted by Crippen LogP contribution is -2.50. The van der Waals surface area contributed by atoms with Crippen molar-refractivity contribution >= 4 is 11.5 Å². The van der Waals surface area contributed by atoms with E-state index in [0.717, 1.165) is 24.1 Å². The molecule has 3 aromatic rings. The Kier molecular flexibility index (Phi) is 7.50. The number of ether oxygens (including phenoxy) is 1. The van der Waals surface area contributed by atoms with Crippen LogP contribution in [-0.2, 0) is 13.2 Å². The van der Waals surface area contributed by atoms with E-state index in [1.54, 1.807) is 24.3 Å². The Labute approximate surface area is 194 Å². The predicted octanol–water partition coefficient (Wildman–Crippen LogP) is 4.48. The van der Waals surface area contributed by atoms with Gasteiger partial charge in [0.25, 0.3) is 0 Å². The fourth-order valence-corrected chi connectivity index (χ4v) is 4.23. The summed E-state index contributed by atoms with van der Waals surface area (Å²) >= 11 is 0. The Bertz CT molecular complexity index is 1070. The summed E-state index contributed by atoms with van der Waals surface area (Å²) in [4.78, 5) is 15.6. The molecule has 170 valence electrons. The van der Waals surface area contributed by atoms with E-state index in [2.05, 4.69) is 10.1 Å². The Morgan fingerprint density at radius 1 is 0.970 bits per heavy atom. The van der Waals surface area contributed by atoms with Gasteiger partial charge < -0.3 is 15.7 Å². The fourth-order valence-electron chi connectivity index (χ4n) is 4.23. The second kappa shape index (κ2) is 10.9. The van der Waals surface area contributed by atoms with Crippen LogP contribution in [0.3, 0.4) is 0 Å². The molecule has 2 unspecified atom stereocenters. The van der Waals surface area contributed by atoms with E-state index in [1.165, 1.54) is 0 Å². The molecule has 0 spiro atoms. The van der Waals surface area contributed by atoms with Crippen LogP contribution >= 0.6 is 0 Å². The van der Waals surface area contributed by atoms with Gasteiger partial charge in [-0.2, -0.15) is 0 Å². The van der Waals surface area contributed by atoms with Crippen molar-refractivity contribution in [3.8, 4) is 5.75 Å². The molecule has 6 nitrogen and oxygen atoms in total. The average molecular weight is 444 g/mol. The zero-order valence-corrected chi connectivity index (χ0v) is 18.5. The zero-order valence-electron chi connectivity index (χ0n) is 18.5. The molecule has 0 saturated carbocycles. The number of Topliss-reactive ketones (excluding diaryl/α,β-unsaturated/α-hetero) is 1. The van der Waals surface area contributed by atoms with Crippen molar-refractivity contribution in [3.63, 3.8) is 0 Å². The third kappa shape index (κ3) is 5.66. The minimum Gasteiger partial charge on any atom is -0.489 e. The lowest BCUT2D eigenvalue weighted by Gasteiger charge is -2.31. The number of oxime groups is 1. The van der Waals surface area contributed by atoms with Gasteiger partial charge >= 0.3 is 0 Å². The maximum absolute atomic E-state index is 13.5. The zero-order chi connectivity index (χ0) is 23.0. The molecular formula is C27H29N3O3. The Morgan fingerprint density at radius 3 is 2.24 bits per heavy atom. The summed E-state index contributed by atoms with van der Waals surface area (Å²) in [7, 11) is 0. The predicted molar refractivity (Wildman–Crippen MR) is 128 cm³/mol. The van der Waals surface area contributed by atoms with Crippen molar-refractivity contribution in [1.82, 2.24) is 4.90 Å². The highest BCUT2D eigenvalue weighted by Crippen LogP contribution is 2.25. The van der Waals surface area contributed by atoms with Crippen LogP contribution in [0.4, 0.5) is 0 Å². The first-order chi connectivity index (χ1) is 16.2. The summed E-state index contributed by atoms with van der Waals surface area (Å²) in [5.41, 5.74) is 9.76. The molecule has 1 aliphatic heterocycles. The number of nitrogens with zero attached hydrogens (tertiary/aromatic N) is 2. The topological polar surface area (TPSA) is 88.2 Å². The number of hydrogen-bond donors (Lipinski definition) is 2. The van der Waals surface area contributed by atoms with Crippen molar-refractivity contribution in [2.75, 3.05) is 6.54 Å². The molecule has 6 heteroatoms. The third-order valence-electron chi connectivity index (χ3n) is 6.03. The van der Waals surface area contributed by atoms with E-state index in [4.69, 9.17) is 10.5 Å². The number of carbonyl (C=O) groups excluding carboxylic acids is 1. The number of ketones is 1. The van der Waals surface area contributed by atoms with Crippen molar-refractivity contribution in [2.24, 2.45) is 16.8 Å². The first-order valence-electron chi connectivity index (χ1n) is 11.2. The molecule has 0 radical (unpaired) electrons. The summed E-state index contributed by atoms with van der Waals surface area (Å²) in [6, 6.07) is 27.0. The molecule has 1 heterocycles. The van der Waals surface area contributed by atoms with E-state index in [1.807, 2.05) is 60.7 Å². The van der Waals surface area contributed by atoms with Gasteiger partial charge in [0.05, 0.1) is 17.8 Å². The monoisotopic (exact) mass is 443 g/mol. The average Bonchev–Trinajstić information content (AvgIpc) is 3.02. The first-order valence-corrected chi connectivity index (χ1v) is 11.2. The van der Waals surface area contributed by atoms with Gasteiger partial charge in [-0.05, 0) is 48.2 Å². The van der Waals surface area contributed by atoms with Gasteiger partial charge in [-0.15, -0.1) is 0 Å². The number of benzene rings is 3. The summed E-state index contributed by atoms with van der Waals surface area (Å²) in [6.07, 6.45) is 0.722. The molecule has 4 rings (SSSR count). The maximum Gasteiger partial charge on any atom is 0.174 e. The van der Waals surface area contributed by atoms with E-state index >= 15 is 0 Å². The smallest absolute Gasteiger partial charge is 0.174 e. The van der Waals surface area contributed by atoms with E-state index in [9.17, 15) is 10.0 Å². The third-order valence-corrected chi connectivity index (χ3v) is 6.03. The van der Waals surface area contributed by atoms with Crippen LogP contribution in [-0.4, -0.2) is 34.3 Å².